The first kappa shape index (κ1) is 31.7. The van der Waals surface area contributed by atoms with Crippen molar-refractivity contribution in [1.82, 2.24) is 34.6 Å². The van der Waals surface area contributed by atoms with Gasteiger partial charge in [-0.05, 0) is 57.7 Å². The second-order valence-electron chi connectivity index (χ2n) is 13.8. The number of ether oxygens (including phenoxy) is 3. The molecule has 13 nitrogen and oxygen atoms in total. The van der Waals surface area contributed by atoms with E-state index >= 15 is 0 Å². The van der Waals surface area contributed by atoms with Gasteiger partial charge in [0, 0.05) is 38.5 Å². The summed E-state index contributed by atoms with van der Waals surface area (Å²) in [6, 6.07) is 8.88. The summed E-state index contributed by atoms with van der Waals surface area (Å²) in [4.78, 5) is 48.8. The highest BCUT2D eigenvalue weighted by molar-refractivity contribution is 5.99. The molecule has 3 aromatic heterocycles. The maximum atomic E-state index is 13.9. The molecule has 1 saturated heterocycles. The predicted molar refractivity (Wildman–Crippen MR) is 175 cm³/mol. The summed E-state index contributed by atoms with van der Waals surface area (Å²) in [7, 11) is 1.92. The second kappa shape index (κ2) is 12.3. The number of rotatable bonds is 10. The van der Waals surface area contributed by atoms with E-state index < -0.39 is 30.5 Å². The van der Waals surface area contributed by atoms with Gasteiger partial charge in [0.1, 0.15) is 30.1 Å². The Bertz CT molecular complexity index is 1910. The third kappa shape index (κ3) is 6.35. The number of aromatic nitrogens is 4. The van der Waals surface area contributed by atoms with Gasteiger partial charge in [0.05, 0.1) is 35.1 Å². The largest absolute Gasteiger partial charge is 0.487 e. The van der Waals surface area contributed by atoms with E-state index in [1.165, 1.54) is 0 Å². The highest BCUT2D eigenvalue weighted by Crippen LogP contribution is 2.39. The van der Waals surface area contributed by atoms with E-state index in [9.17, 15) is 18.8 Å². The van der Waals surface area contributed by atoms with Crippen molar-refractivity contribution < 1.29 is 33.0 Å². The first-order valence-electron chi connectivity index (χ1n) is 16.4. The van der Waals surface area contributed by atoms with Crippen LogP contribution in [0.25, 0.3) is 33.6 Å². The summed E-state index contributed by atoms with van der Waals surface area (Å²) in [6.07, 6.45) is 1.26. The lowest BCUT2D eigenvalue weighted by atomic mass is 10.0. The van der Waals surface area contributed by atoms with Crippen molar-refractivity contribution in [3.05, 3.63) is 41.6 Å². The number of nitrogens with zero attached hydrogens (tertiary/aromatic N) is 5. The Morgan fingerprint density at radius 2 is 2.02 bits per heavy atom. The molecule has 0 radical (unpaired) electrons. The number of aryl methyl sites for hydroxylation is 1. The molecule has 2 aliphatic heterocycles. The molecule has 2 atom stereocenters. The zero-order valence-electron chi connectivity index (χ0n) is 27.5. The summed E-state index contributed by atoms with van der Waals surface area (Å²) in [6.45, 7) is 6.13. The highest BCUT2D eigenvalue weighted by Gasteiger charge is 2.32. The van der Waals surface area contributed by atoms with Crippen molar-refractivity contribution in [3.63, 3.8) is 0 Å². The van der Waals surface area contributed by atoms with Crippen LogP contribution in [0.15, 0.2) is 30.3 Å². The maximum absolute atomic E-state index is 13.9. The minimum Gasteiger partial charge on any atom is -0.487 e. The fourth-order valence-corrected chi connectivity index (χ4v) is 6.36. The number of alkyl halides is 1. The van der Waals surface area contributed by atoms with Crippen LogP contribution in [0, 0.1) is 5.92 Å². The first-order chi connectivity index (χ1) is 23.0. The Morgan fingerprint density at radius 3 is 2.73 bits per heavy atom. The second-order valence-corrected chi connectivity index (χ2v) is 13.8. The van der Waals surface area contributed by atoms with Gasteiger partial charge in [-0.3, -0.25) is 4.79 Å². The van der Waals surface area contributed by atoms with Gasteiger partial charge >= 0.3 is 12.2 Å². The molecule has 254 valence electrons. The number of halogens is 1. The number of carbonyl (C=O) groups is 3. The summed E-state index contributed by atoms with van der Waals surface area (Å²) >= 11 is 0. The molecule has 2 N–H and O–H groups in total. The minimum absolute atomic E-state index is 0.00485. The zero-order valence-corrected chi connectivity index (χ0v) is 27.5. The molecule has 5 heterocycles. The fraction of sp³-hybridized carbons (Fsp3) is 0.500. The lowest BCUT2D eigenvalue weighted by Crippen LogP contribution is -2.50. The Hall–Kier alpha value is -4.88. The Morgan fingerprint density at radius 1 is 1.21 bits per heavy atom. The lowest BCUT2D eigenvalue weighted by Gasteiger charge is -2.31. The number of alkyl carbamates (subject to hydrolysis) is 2. The number of pyridine rings is 1. The Kier molecular flexibility index (Phi) is 8.12. The highest BCUT2D eigenvalue weighted by atomic mass is 19.1. The number of imidazole rings is 1. The number of nitrogens with one attached hydrogen (secondary N) is 2. The van der Waals surface area contributed by atoms with Gasteiger partial charge in [-0.1, -0.05) is 12.1 Å². The van der Waals surface area contributed by atoms with Gasteiger partial charge in [-0.2, -0.15) is 0 Å². The first-order valence-corrected chi connectivity index (χ1v) is 16.4. The van der Waals surface area contributed by atoms with Crippen LogP contribution in [0.1, 0.15) is 49.7 Å². The van der Waals surface area contributed by atoms with Crippen molar-refractivity contribution in [3.8, 4) is 17.3 Å². The number of hydrogen-bond acceptors (Lipinski definition) is 8. The summed E-state index contributed by atoms with van der Waals surface area (Å²) in [5, 5.41) is 6.20. The van der Waals surface area contributed by atoms with E-state index in [-0.39, 0.29) is 25.2 Å². The van der Waals surface area contributed by atoms with Gasteiger partial charge in [-0.25, -0.2) is 23.9 Å². The van der Waals surface area contributed by atoms with E-state index in [1.54, 1.807) is 31.7 Å². The topological polar surface area (TPSA) is 142 Å². The minimum atomic E-state index is -0.907. The average Bonchev–Trinajstić information content (AvgIpc) is 3.51. The third-order valence-electron chi connectivity index (χ3n) is 8.83. The number of amides is 3. The van der Waals surface area contributed by atoms with Gasteiger partial charge in [-0.15, -0.1) is 0 Å². The standard InChI is InChI=1S/C34H40FN7O6/c1-34(2,3)48-33(45)37-21(14-35)17-41-11-10-24-23(31(41)43)13-25-29(38-24)40(4)30(39-25)26-12-20-6-5-7-27(28(20)42(26)16-19-8-9-19)46-18-22-15-36-32(44)47-22/h5-7,12-13,19,21-22H,8-11,14-18H2,1-4H3,(H,36,44)(H,37,45)/t21-,22+/m1/s1. The Balaban J connectivity index is 1.18. The van der Waals surface area contributed by atoms with E-state index in [0.29, 0.717) is 59.4 Å². The van der Waals surface area contributed by atoms with Crippen LogP contribution in [0.5, 0.6) is 5.75 Å². The van der Waals surface area contributed by atoms with Crippen molar-refractivity contribution in [2.75, 3.05) is 32.9 Å². The van der Waals surface area contributed by atoms with Gasteiger partial charge in [0.15, 0.2) is 17.6 Å². The Labute approximate surface area is 276 Å². The number of fused-ring (bicyclic) bond motifs is 3. The van der Waals surface area contributed by atoms with Crippen LogP contribution in [-0.4, -0.2) is 92.8 Å². The molecular formula is C34H40FN7O6. The molecule has 48 heavy (non-hydrogen) atoms. The van der Waals surface area contributed by atoms with Crippen LogP contribution in [-0.2, 0) is 29.5 Å². The van der Waals surface area contributed by atoms with Crippen LogP contribution >= 0.6 is 0 Å². The van der Waals surface area contributed by atoms with E-state index in [2.05, 4.69) is 21.3 Å². The SMILES string of the molecule is Cn1c(-c2cc3cccc(OC[C@@H]4CNC(=O)O4)c3n2CC2CC2)nc2cc3c(nc21)CCN(C[C@@H](CF)NC(=O)OC(C)(C)C)C3=O. The lowest BCUT2D eigenvalue weighted by molar-refractivity contribution is 0.0465. The average molecular weight is 662 g/mol. The van der Waals surface area contributed by atoms with Crippen molar-refractivity contribution in [1.29, 1.82) is 0 Å². The molecule has 3 amide bonds. The van der Waals surface area contributed by atoms with Crippen LogP contribution in [0.2, 0.25) is 0 Å². The summed E-state index contributed by atoms with van der Waals surface area (Å²) in [5.74, 6) is 1.68. The zero-order chi connectivity index (χ0) is 33.7. The summed E-state index contributed by atoms with van der Waals surface area (Å²) < 4.78 is 34.9. The van der Waals surface area contributed by atoms with Crippen molar-refractivity contribution in [2.45, 2.75) is 64.3 Å². The van der Waals surface area contributed by atoms with Crippen molar-refractivity contribution in [2.24, 2.45) is 13.0 Å². The van der Waals surface area contributed by atoms with Crippen LogP contribution in [0.4, 0.5) is 14.0 Å². The van der Waals surface area contributed by atoms with Crippen molar-refractivity contribution >= 4 is 40.2 Å². The smallest absolute Gasteiger partial charge is 0.408 e. The molecule has 7 rings (SSSR count). The number of cyclic esters (lactones) is 1. The van der Waals surface area contributed by atoms with Gasteiger partial charge in [0.2, 0.25) is 0 Å². The van der Waals surface area contributed by atoms with Crippen LogP contribution < -0.4 is 15.4 Å². The number of hydrogen-bond donors (Lipinski definition) is 2. The number of carbonyl (C=O) groups excluding carboxylic acids is 3. The third-order valence-corrected chi connectivity index (χ3v) is 8.83. The molecule has 3 aliphatic rings. The number of benzene rings is 1. The predicted octanol–water partition coefficient (Wildman–Crippen LogP) is 4.35. The monoisotopic (exact) mass is 661 g/mol. The van der Waals surface area contributed by atoms with Crippen LogP contribution in [0.3, 0.4) is 0 Å². The normalized spacial score (nSPS) is 18.5. The van der Waals surface area contributed by atoms with E-state index in [0.717, 1.165) is 36.0 Å². The fourth-order valence-electron chi connectivity index (χ4n) is 6.36. The van der Waals surface area contributed by atoms with Gasteiger partial charge < -0.3 is 38.9 Å². The molecule has 2 fully saturated rings. The molecule has 0 bridgehead atoms. The number of para-hydroxylation sites is 1. The molecule has 14 heteroatoms. The molecule has 1 saturated carbocycles. The summed E-state index contributed by atoms with van der Waals surface area (Å²) in [5.41, 5.74) is 3.45. The molecule has 0 spiro atoms. The molecule has 0 unspecified atom stereocenters. The van der Waals surface area contributed by atoms with E-state index in [1.807, 2.05) is 29.8 Å². The molecular weight excluding hydrogens is 621 g/mol. The van der Waals surface area contributed by atoms with E-state index in [4.69, 9.17) is 24.2 Å². The quantitative estimate of drug-likeness (QED) is 0.256. The maximum Gasteiger partial charge on any atom is 0.408 e. The molecule has 4 aromatic rings. The molecule has 1 aromatic carbocycles. The van der Waals surface area contributed by atoms with Gasteiger partial charge in [0.25, 0.3) is 5.91 Å². The molecule has 1 aliphatic carbocycles.